The van der Waals surface area contributed by atoms with Crippen LogP contribution >= 0.6 is 0 Å². The standard InChI is InChI=1S/C17H18N2O/c1-2-6-14-11-19(10-13(14)5-1)12-15-9-18-16-7-3-4-8-17(16)20-15/h1-8,15,18H,9-12H2. The van der Waals surface area contributed by atoms with E-state index < -0.39 is 0 Å². The molecule has 1 atom stereocenters. The van der Waals surface area contributed by atoms with E-state index in [1.807, 2.05) is 18.2 Å². The number of ether oxygens (including phenoxy) is 1. The summed E-state index contributed by atoms with van der Waals surface area (Å²) in [7, 11) is 0. The molecule has 4 rings (SSSR count). The summed E-state index contributed by atoms with van der Waals surface area (Å²) in [5, 5.41) is 3.46. The first-order valence-electron chi connectivity index (χ1n) is 7.17. The number of benzene rings is 2. The van der Waals surface area contributed by atoms with E-state index >= 15 is 0 Å². The van der Waals surface area contributed by atoms with E-state index in [1.165, 1.54) is 11.1 Å². The first-order chi connectivity index (χ1) is 9.88. The van der Waals surface area contributed by atoms with Crippen LogP contribution in [0.1, 0.15) is 11.1 Å². The third-order valence-electron chi connectivity index (χ3n) is 4.07. The van der Waals surface area contributed by atoms with Crippen LogP contribution in [0.2, 0.25) is 0 Å². The predicted molar refractivity (Wildman–Crippen MR) is 79.9 cm³/mol. The molecule has 2 heterocycles. The topological polar surface area (TPSA) is 24.5 Å². The van der Waals surface area contributed by atoms with Crippen LogP contribution in [0.3, 0.4) is 0 Å². The van der Waals surface area contributed by atoms with Gasteiger partial charge in [-0.15, -0.1) is 0 Å². The Morgan fingerprint density at radius 2 is 1.70 bits per heavy atom. The third-order valence-corrected chi connectivity index (χ3v) is 4.07. The molecule has 2 aromatic carbocycles. The largest absolute Gasteiger partial charge is 0.485 e. The Hall–Kier alpha value is -2.00. The Bertz CT molecular complexity index is 601. The van der Waals surface area contributed by atoms with Crippen molar-refractivity contribution >= 4 is 5.69 Å². The highest BCUT2D eigenvalue weighted by molar-refractivity contribution is 5.57. The monoisotopic (exact) mass is 266 g/mol. The zero-order chi connectivity index (χ0) is 13.4. The molecule has 0 aliphatic carbocycles. The molecule has 3 nitrogen and oxygen atoms in total. The van der Waals surface area contributed by atoms with E-state index in [0.717, 1.165) is 37.6 Å². The highest BCUT2D eigenvalue weighted by atomic mass is 16.5. The Morgan fingerprint density at radius 3 is 2.50 bits per heavy atom. The van der Waals surface area contributed by atoms with Crippen LogP contribution in [0.25, 0.3) is 0 Å². The van der Waals surface area contributed by atoms with E-state index in [2.05, 4.69) is 40.5 Å². The fourth-order valence-corrected chi connectivity index (χ4v) is 3.08. The van der Waals surface area contributed by atoms with Crippen LogP contribution in [0.4, 0.5) is 5.69 Å². The molecule has 0 saturated carbocycles. The Balaban J connectivity index is 1.43. The third kappa shape index (κ3) is 2.14. The number of hydrogen-bond donors (Lipinski definition) is 1. The van der Waals surface area contributed by atoms with Gasteiger partial charge in [0.15, 0.2) is 0 Å². The van der Waals surface area contributed by atoms with Gasteiger partial charge in [0.25, 0.3) is 0 Å². The van der Waals surface area contributed by atoms with Crippen LogP contribution in [0.5, 0.6) is 5.75 Å². The number of rotatable bonds is 2. The quantitative estimate of drug-likeness (QED) is 0.904. The summed E-state index contributed by atoms with van der Waals surface area (Å²) < 4.78 is 6.09. The number of anilines is 1. The Labute approximate surface area is 119 Å². The average Bonchev–Trinajstić information content (AvgIpc) is 2.89. The molecular formula is C17H18N2O. The molecule has 2 aliphatic heterocycles. The molecule has 0 bridgehead atoms. The molecule has 102 valence electrons. The van der Waals surface area contributed by atoms with Gasteiger partial charge in [0.1, 0.15) is 11.9 Å². The second-order valence-electron chi connectivity index (χ2n) is 5.56. The van der Waals surface area contributed by atoms with Gasteiger partial charge < -0.3 is 10.1 Å². The molecular weight excluding hydrogens is 248 g/mol. The highest BCUT2D eigenvalue weighted by Gasteiger charge is 2.25. The van der Waals surface area contributed by atoms with Crippen molar-refractivity contribution in [3.8, 4) is 5.75 Å². The minimum absolute atomic E-state index is 0.221. The number of nitrogens with zero attached hydrogens (tertiary/aromatic N) is 1. The van der Waals surface area contributed by atoms with E-state index in [0.29, 0.717) is 0 Å². The van der Waals surface area contributed by atoms with Gasteiger partial charge in [0.05, 0.1) is 12.2 Å². The summed E-state index contributed by atoms with van der Waals surface area (Å²) in [6.07, 6.45) is 0.221. The first kappa shape index (κ1) is 11.8. The van der Waals surface area contributed by atoms with Crippen LogP contribution in [-0.2, 0) is 13.1 Å². The normalized spacial score (nSPS) is 20.7. The van der Waals surface area contributed by atoms with Crippen molar-refractivity contribution in [2.24, 2.45) is 0 Å². The van der Waals surface area contributed by atoms with Crippen LogP contribution < -0.4 is 10.1 Å². The molecule has 0 amide bonds. The molecule has 3 heteroatoms. The van der Waals surface area contributed by atoms with E-state index in [9.17, 15) is 0 Å². The summed E-state index contributed by atoms with van der Waals surface area (Å²) >= 11 is 0. The lowest BCUT2D eigenvalue weighted by atomic mass is 10.1. The summed E-state index contributed by atoms with van der Waals surface area (Å²) in [6, 6.07) is 16.9. The van der Waals surface area contributed by atoms with E-state index in [-0.39, 0.29) is 6.10 Å². The predicted octanol–water partition coefficient (Wildman–Crippen LogP) is 2.88. The van der Waals surface area contributed by atoms with Gasteiger partial charge in [-0.3, -0.25) is 4.90 Å². The minimum atomic E-state index is 0.221. The first-order valence-corrected chi connectivity index (χ1v) is 7.17. The second kappa shape index (κ2) is 4.84. The van der Waals surface area contributed by atoms with Crippen LogP contribution in [0.15, 0.2) is 48.5 Å². The lowest BCUT2D eigenvalue weighted by Gasteiger charge is -2.30. The number of fused-ring (bicyclic) bond motifs is 2. The molecule has 0 saturated heterocycles. The maximum Gasteiger partial charge on any atom is 0.142 e. The summed E-state index contributed by atoms with van der Waals surface area (Å²) in [6.45, 7) is 3.93. The summed E-state index contributed by atoms with van der Waals surface area (Å²) in [5.74, 6) is 0.973. The molecule has 1 unspecified atom stereocenters. The van der Waals surface area contributed by atoms with E-state index in [4.69, 9.17) is 4.74 Å². The van der Waals surface area contributed by atoms with Gasteiger partial charge in [0, 0.05) is 19.6 Å². The zero-order valence-electron chi connectivity index (χ0n) is 11.4. The fraction of sp³-hybridized carbons (Fsp3) is 0.294. The van der Waals surface area contributed by atoms with Crippen molar-refractivity contribution in [1.82, 2.24) is 4.90 Å². The summed E-state index contributed by atoms with van der Waals surface area (Å²) in [4.78, 5) is 2.46. The lowest BCUT2D eigenvalue weighted by Crippen LogP contribution is -2.39. The fourth-order valence-electron chi connectivity index (χ4n) is 3.08. The number of para-hydroxylation sites is 2. The van der Waals surface area contributed by atoms with Gasteiger partial charge in [-0.2, -0.15) is 0 Å². The van der Waals surface area contributed by atoms with Crippen molar-refractivity contribution < 1.29 is 4.74 Å². The van der Waals surface area contributed by atoms with Gasteiger partial charge in [0.2, 0.25) is 0 Å². The Morgan fingerprint density at radius 1 is 1.00 bits per heavy atom. The minimum Gasteiger partial charge on any atom is -0.485 e. The highest BCUT2D eigenvalue weighted by Crippen LogP contribution is 2.29. The molecule has 2 aromatic rings. The molecule has 0 fully saturated rings. The molecule has 20 heavy (non-hydrogen) atoms. The lowest BCUT2D eigenvalue weighted by molar-refractivity contribution is 0.135. The van der Waals surface area contributed by atoms with Gasteiger partial charge >= 0.3 is 0 Å². The van der Waals surface area contributed by atoms with Crippen molar-refractivity contribution in [2.75, 3.05) is 18.4 Å². The number of hydrogen-bond acceptors (Lipinski definition) is 3. The van der Waals surface area contributed by atoms with Crippen molar-refractivity contribution in [1.29, 1.82) is 0 Å². The Kier molecular flexibility index (Phi) is 2.85. The molecule has 0 radical (unpaired) electrons. The van der Waals surface area contributed by atoms with Gasteiger partial charge in [-0.25, -0.2) is 0 Å². The smallest absolute Gasteiger partial charge is 0.142 e. The maximum absolute atomic E-state index is 6.09. The maximum atomic E-state index is 6.09. The summed E-state index contributed by atoms with van der Waals surface area (Å²) in [5.41, 5.74) is 4.02. The second-order valence-corrected chi connectivity index (χ2v) is 5.56. The molecule has 2 aliphatic rings. The van der Waals surface area contributed by atoms with Crippen LogP contribution in [-0.4, -0.2) is 24.1 Å². The van der Waals surface area contributed by atoms with Crippen molar-refractivity contribution in [3.63, 3.8) is 0 Å². The van der Waals surface area contributed by atoms with Crippen LogP contribution in [0, 0.1) is 0 Å². The molecule has 0 aromatic heterocycles. The molecule has 0 spiro atoms. The molecule has 1 N–H and O–H groups in total. The average molecular weight is 266 g/mol. The van der Waals surface area contributed by atoms with E-state index in [1.54, 1.807) is 0 Å². The zero-order valence-corrected chi connectivity index (χ0v) is 11.4. The van der Waals surface area contributed by atoms with Crippen molar-refractivity contribution in [3.05, 3.63) is 59.7 Å². The van der Waals surface area contributed by atoms with Gasteiger partial charge in [-0.1, -0.05) is 36.4 Å². The van der Waals surface area contributed by atoms with Crippen molar-refractivity contribution in [2.45, 2.75) is 19.2 Å². The SMILES string of the molecule is c1ccc2c(c1)CN(CC1CNc3ccccc3O1)C2. The van der Waals surface area contributed by atoms with Gasteiger partial charge in [-0.05, 0) is 23.3 Å². The number of nitrogens with one attached hydrogen (secondary N) is 1.